The van der Waals surface area contributed by atoms with Gasteiger partial charge < -0.3 is 14.2 Å². The fourth-order valence-electron chi connectivity index (χ4n) is 7.78. The number of carbonyl (C=O) groups excluding carboxylic acids is 3. The summed E-state index contributed by atoms with van der Waals surface area (Å²) in [5.74, 6) is -0.903. The summed E-state index contributed by atoms with van der Waals surface area (Å²) in [5.41, 5.74) is 0. The Morgan fingerprint density at radius 2 is 0.688 bits per heavy atom. The molecule has 0 aliphatic carbocycles. The summed E-state index contributed by atoms with van der Waals surface area (Å²) in [5, 5.41) is 0. The molecular formula is C58H102O6. The normalized spacial score (nSPS) is 12.5. The Balaban J connectivity index is 4.34. The third kappa shape index (κ3) is 50.1. The molecule has 6 nitrogen and oxygen atoms in total. The summed E-state index contributed by atoms with van der Waals surface area (Å²) in [6.07, 6.45) is 65.0. The molecule has 1 unspecified atom stereocenters. The van der Waals surface area contributed by atoms with Gasteiger partial charge in [-0.2, -0.15) is 0 Å². The summed E-state index contributed by atoms with van der Waals surface area (Å²) in [4.78, 5) is 38.0. The molecule has 0 saturated heterocycles. The van der Waals surface area contributed by atoms with E-state index in [-0.39, 0.29) is 31.1 Å². The molecule has 0 rings (SSSR count). The topological polar surface area (TPSA) is 78.9 Å². The second-order valence-electron chi connectivity index (χ2n) is 18.1. The molecule has 0 radical (unpaired) electrons. The van der Waals surface area contributed by atoms with Crippen LogP contribution in [0.5, 0.6) is 0 Å². The van der Waals surface area contributed by atoms with Crippen molar-refractivity contribution in [2.75, 3.05) is 13.2 Å². The van der Waals surface area contributed by atoms with Gasteiger partial charge in [-0.1, -0.05) is 248 Å². The minimum atomic E-state index is -0.784. The molecule has 370 valence electrons. The Hall–Kier alpha value is -2.89. The van der Waals surface area contributed by atoms with Crippen LogP contribution in [0.25, 0.3) is 0 Å². The third-order valence-electron chi connectivity index (χ3n) is 11.8. The summed E-state index contributed by atoms with van der Waals surface area (Å²) in [7, 11) is 0. The summed E-state index contributed by atoms with van der Waals surface area (Å²) in [6, 6.07) is 0. The maximum atomic E-state index is 12.8. The van der Waals surface area contributed by atoms with Gasteiger partial charge in [-0.3, -0.25) is 14.4 Å². The Kier molecular flexibility index (Phi) is 50.4. The molecule has 1 atom stereocenters. The number of esters is 3. The van der Waals surface area contributed by atoms with Crippen molar-refractivity contribution in [1.82, 2.24) is 0 Å². The van der Waals surface area contributed by atoms with Crippen molar-refractivity contribution in [1.29, 1.82) is 0 Å². The number of hydrogen-bond acceptors (Lipinski definition) is 6. The van der Waals surface area contributed by atoms with Gasteiger partial charge in [0.25, 0.3) is 0 Å². The first-order valence-electron chi connectivity index (χ1n) is 27.3. The van der Waals surface area contributed by atoms with E-state index in [1.54, 1.807) is 0 Å². The molecular weight excluding hydrogens is 793 g/mol. The summed E-state index contributed by atoms with van der Waals surface area (Å²) in [6.45, 7) is 6.40. The molecule has 0 saturated carbocycles. The van der Waals surface area contributed by atoms with Crippen molar-refractivity contribution >= 4 is 17.9 Å². The van der Waals surface area contributed by atoms with Crippen LogP contribution >= 0.6 is 0 Å². The minimum absolute atomic E-state index is 0.0821. The van der Waals surface area contributed by atoms with Gasteiger partial charge in [-0.25, -0.2) is 0 Å². The highest BCUT2D eigenvalue weighted by atomic mass is 16.6. The van der Waals surface area contributed by atoms with E-state index in [2.05, 4.69) is 81.5 Å². The molecule has 0 heterocycles. The molecule has 0 aromatic carbocycles. The predicted octanol–water partition coefficient (Wildman–Crippen LogP) is 18.0. The smallest absolute Gasteiger partial charge is 0.306 e. The van der Waals surface area contributed by atoms with E-state index in [4.69, 9.17) is 14.2 Å². The van der Waals surface area contributed by atoms with Crippen LogP contribution in [0.3, 0.4) is 0 Å². The van der Waals surface area contributed by atoms with Crippen molar-refractivity contribution in [2.24, 2.45) is 0 Å². The van der Waals surface area contributed by atoms with E-state index in [9.17, 15) is 14.4 Å². The number of hydrogen-bond donors (Lipinski definition) is 0. The number of unbranched alkanes of at least 4 members (excludes halogenated alkanes) is 30. The predicted molar refractivity (Wildman–Crippen MR) is 275 cm³/mol. The standard InChI is InChI=1S/C58H102O6/c1-4-7-10-13-16-19-22-25-27-28-29-30-31-34-36-39-42-45-48-51-57(60)63-54-55(53-62-56(59)50-47-44-41-38-35-32-24-21-18-15-12-9-6-3)64-58(61)52-49-46-43-40-37-33-26-23-20-17-14-11-8-5-2/h8-9,11-12,15,17-18,20-21,24,55H,4-7,10,13-14,16,19,22-23,25-54H2,1-3H3/b11-8-,12-9-,18-15-,20-17-,24-21-. The van der Waals surface area contributed by atoms with Gasteiger partial charge in [0, 0.05) is 19.3 Å². The lowest BCUT2D eigenvalue weighted by Gasteiger charge is -2.18. The molecule has 0 aromatic heterocycles. The molecule has 0 bridgehead atoms. The number of ether oxygens (including phenoxy) is 3. The van der Waals surface area contributed by atoms with Crippen LogP contribution in [0.1, 0.15) is 271 Å². The average molecular weight is 895 g/mol. The second-order valence-corrected chi connectivity index (χ2v) is 18.1. The molecule has 0 aliphatic rings. The van der Waals surface area contributed by atoms with Crippen LogP contribution in [-0.4, -0.2) is 37.2 Å². The first kappa shape index (κ1) is 61.1. The van der Waals surface area contributed by atoms with Crippen molar-refractivity contribution in [3.63, 3.8) is 0 Å². The van der Waals surface area contributed by atoms with Gasteiger partial charge in [0.1, 0.15) is 13.2 Å². The van der Waals surface area contributed by atoms with Crippen molar-refractivity contribution < 1.29 is 28.6 Å². The van der Waals surface area contributed by atoms with E-state index in [1.165, 1.54) is 128 Å². The zero-order valence-electron chi connectivity index (χ0n) is 42.3. The Bertz CT molecular complexity index is 1170. The average Bonchev–Trinajstić information content (AvgIpc) is 3.29. The maximum absolute atomic E-state index is 12.8. The van der Waals surface area contributed by atoms with Crippen LogP contribution in [0.15, 0.2) is 60.8 Å². The molecule has 64 heavy (non-hydrogen) atoms. The zero-order chi connectivity index (χ0) is 46.5. The van der Waals surface area contributed by atoms with E-state index in [0.717, 1.165) is 103 Å². The van der Waals surface area contributed by atoms with Gasteiger partial charge in [-0.15, -0.1) is 0 Å². The molecule has 0 spiro atoms. The molecule has 0 aliphatic heterocycles. The maximum Gasteiger partial charge on any atom is 0.306 e. The highest BCUT2D eigenvalue weighted by molar-refractivity contribution is 5.71. The number of rotatable bonds is 49. The summed E-state index contributed by atoms with van der Waals surface area (Å²) >= 11 is 0. The zero-order valence-corrected chi connectivity index (χ0v) is 42.3. The third-order valence-corrected chi connectivity index (χ3v) is 11.8. The van der Waals surface area contributed by atoms with Gasteiger partial charge in [0.2, 0.25) is 0 Å². The van der Waals surface area contributed by atoms with Gasteiger partial charge in [0.15, 0.2) is 6.10 Å². The van der Waals surface area contributed by atoms with Crippen LogP contribution < -0.4 is 0 Å². The second kappa shape index (κ2) is 52.7. The molecule has 0 fully saturated rings. The monoisotopic (exact) mass is 895 g/mol. The fourth-order valence-corrected chi connectivity index (χ4v) is 7.78. The highest BCUT2D eigenvalue weighted by Crippen LogP contribution is 2.16. The minimum Gasteiger partial charge on any atom is -0.462 e. The van der Waals surface area contributed by atoms with Gasteiger partial charge in [-0.05, 0) is 64.2 Å². The Labute approximate surface area is 396 Å². The van der Waals surface area contributed by atoms with E-state index in [0.29, 0.717) is 19.3 Å². The molecule has 0 N–H and O–H groups in total. The quantitative estimate of drug-likeness (QED) is 0.0199. The largest absolute Gasteiger partial charge is 0.462 e. The van der Waals surface area contributed by atoms with E-state index in [1.807, 2.05) is 0 Å². The lowest BCUT2D eigenvalue weighted by Crippen LogP contribution is -2.30. The van der Waals surface area contributed by atoms with Crippen LogP contribution in [0, 0.1) is 0 Å². The van der Waals surface area contributed by atoms with Crippen LogP contribution in [0.4, 0.5) is 0 Å². The highest BCUT2D eigenvalue weighted by Gasteiger charge is 2.19. The number of carbonyl (C=O) groups is 3. The molecule has 0 amide bonds. The van der Waals surface area contributed by atoms with Crippen LogP contribution in [0.2, 0.25) is 0 Å². The van der Waals surface area contributed by atoms with Crippen molar-refractivity contribution in [2.45, 2.75) is 277 Å². The van der Waals surface area contributed by atoms with Crippen molar-refractivity contribution in [3.05, 3.63) is 60.8 Å². The van der Waals surface area contributed by atoms with Gasteiger partial charge in [0.05, 0.1) is 0 Å². The summed E-state index contributed by atoms with van der Waals surface area (Å²) < 4.78 is 16.8. The molecule has 6 heteroatoms. The molecule has 0 aromatic rings. The van der Waals surface area contributed by atoms with Gasteiger partial charge >= 0.3 is 17.9 Å². The van der Waals surface area contributed by atoms with Crippen LogP contribution in [-0.2, 0) is 28.6 Å². The first-order valence-corrected chi connectivity index (χ1v) is 27.3. The van der Waals surface area contributed by atoms with E-state index >= 15 is 0 Å². The first-order chi connectivity index (χ1) is 31.5. The fraction of sp³-hybridized carbons (Fsp3) is 0.776. The SMILES string of the molecule is CC\C=C/C=C\C=C/CCCCCCCC(=O)OCC(COC(=O)CCCCCCCCCCCCCCCCCCCCC)OC(=O)CCCCCCCCC/C=C\C/C=C\CC. The lowest BCUT2D eigenvalue weighted by molar-refractivity contribution is -0.167. The van der Waals surface area contributed by atoms with Crippen molar-refractivity contribution in [3.8, 4) is 0 Å². The lowest BCUT2D eigenvalue weighted by atomic mass is 10.0. The van der Waals surface area contributed by atoms with E-state index < -0.39 is 6.10 Å². The Morgan fingerprint density at radius 1 is 0.344 bits per heavy atom. The Morgan fingerprint density at radius 3 is 1.11 bits per heavy atom. The number of allylic oxidation sites excluding steroid dienone is 10.